The van der Waals surface area contributed by atoms with E-state index >= 15 is 0 Å². The molecule has 0 bridgehead atoms. The fourth-order valence-corrected chi connectivity index (χ4v) is 3.66. The summed E-state index contributed by atoms with van der Waals surface area (Å²) in [6.07, 6.45) is -1.55. The van der Waals surface area contributed by atoms with E-state index in [1.165, 1.54) is 25.4 Å². The zero-order valence-corrected chi connectivity index (χ0v) is 19.0. The van der Waals surface area contributed by atoms with E-state index in [0.717, 1.165) is 6.07 Å². The zero-order valence-electron chi connectivity index (χ0n) is 19.0. The van der Waals surface area contributed by atoms with Crippen molar-refractivity contribution in [1.29, 1.82) is 0 Å². The number of methoxy groups -OCH3 is 1. The molecule has 0 aliphatic carbocycles. The summed E-state index contributed by atoms with van der Waals surface area (Å²) in [4.78, 5) is 29.5. The Morgan fingerprint density at radius 1 is 1.17 bits per heavy atom. The Bertz CT molecular complexity index is 1400. The van der Waals surface area contributed by atoms with Crippen molar-refractivity contribution >= 4 is 16.8 Å². The predicted molar refractivity (Wildman–Crippen MR) is 119 cm³/mol. The average molecular weight is 486 g/mol. The third-order valence-electron chi connectivity index (χ3n) is 5.34. The van der Waals surface area contributed by atoms with Crippen LogP contribution in [0, 0.1) is 6.92 Å². The van der Waals surface area contributed by atoms with Gasteiger partial charge in [0, 0.05) is 23.3 Å². The first-order valence-corrected chi connectivity index (χ1v) is 10.5. The number of nitrogens with one attached hydrogen (secondary N) is 1. The molecule has 1 aromatic carbocycles. The van der Waals surface area contributed by atoms with E-state index in [0.29, 0.717) is 22.3 Å². The second-order valence-electron chi connectivity index (χ2n) is 7.62. The molecular formula is C23H21F3N6O3. The summed E-state index contributed by atoms with van der Waals surface area (Å²) in [5, 5.41) is 3.10. The summed E-state index contributed by atoms with van der Waals surface area (Å²) >= 11 is 0. The first-order valence-electron chi connectivity index (χ1n) is 10.5. The number of halogens is 3. The van der Waals surface area contributed by atoms with Gasteiger partial charge in [-0.25, -0.2) is 9.97 Å². The van der Waals surface area contributed by atoms with Crippen LogP contribution in [0.3, 0.4) is 0 Å². The van der Waals surface area contributed by atoms with E-state index in [1.807, 2.05) is 0 Å². The summed E-state index contributed by atoms with van der Waals surface area (Å²) in [5.41, 5.74) is 6.23. The van der Waals surface area contributed by atoms with Crippen molar-refractivity contribution in [1.82, 2.24) is 25.3 Å². The van der Waals surface area contributed by atoms with Gasteiger partial charge in [0.1, 0.15) is 17.0 Å². The van der Waals surface area contributed by atoms with Crippen molar-refractivity contribution in [3.8, 4) is 17.2 Å². The molecule has 1 amide bonds. The van der Waals surface area contributed by atoms with Crippen LogP contribution >= 0.6 is 0 Å². The topological polar surface area (TPSA) is 129 Å². The maximum atomic E-state index is 13.2. The SMILES string of the molecule is COc1ccc(-c2nc(C(=O)NC(C)c3nccnc3C)c(CN)o2)c2ccc(C(F)(F)F)nc12. The van der Waals surface area contributed by atoms with Crippen LogP contribution < -0.4 is 15.8 Å². The van der Waals surface area contributed by atoms with E-state index in [2.05, 4.69) is 25.3 Å². The molecule has 35 heavy (non-hydrogen) atoms. The van der Waals surface area contributed by atoms with E-state index in [9.17, 15) is 18.0 Å². The standard InChI is InChI=1S/C23H21F3N6O3/c1-11-18(29-9-8-28-11)12(2)30-21(33)20-16(10-27)35-22(32-20)14-4-6-15(34-3)19-13(14)5-7-17(31-19)23(24,25)26/h4-9,12H,10,27H2,1-3H3,(H,30,33). The molecule has 0 aliphatic heterocycles. The third-order valence-corrected chi connectivity index (χ3v) is 5.34. The molecule has 0 saturated carbocycles. The summed E-state index contributed by atoms with van der Waals surface area (Å²) in [6, 6.07) is 4.66. The van der Waals surface area contributed by atoms with Gasteiger partial charge in [0.15, 0.2) is 11.5 Å². The maximum Gasteiger partial charge on any atom is 0.433 e. The average Bonchev–Trinajstić information content (AvgIpc) is 3.27. The number of carbonyl (C=O) groups excluding carboxylic acids is 1. The molecule has 12 heteroatoms. The number of alkyl halides is 3. The van der Waals surface area contributed by atoms with E-state index in [4.69, 9.17) is 14.9 Å². The number of benzene rings is 1. The van der Waals surface area contributed by atoms with Crippen molar-refractivity contribution in [2.75, 3.05) is 7.11 Å². The highest BCUT2D eigenvalue weighted by Crippen LogP contribution is 2.37. The minimum atomic E-state index is -4.63. The smallest absolute Gasteiger partial charge is 0.433 e. The van der Waals surface area contributed by atoms with Crippen molar-refractivity contribution in [2.45, 2.75) is 32.6 Å². The van der Waals surface area contributed by atoms with Gasteiger partial charge in [0.05, 0.1) is 31.1 Å². The molecule has 1 unspecified atom stereocenters. The Hall–Kier alpha value is -4.06. The molecule has 0 saturated heterocycles. The molecule has 0 aliphatic rings. The Morgan fingerprint density at radius 2 is 1.91 bits per heavy atom. The minimum Gasteiger partial charge on any atom is -0.494 e. The van der Waals surface area contributed by atoms with Gasteiger partial charge in [0.2, 0.25) is 5.89 Å². The van der Waals surface area contributed by atoms with Crippen LogP contribution in [0.5, 0.6) is 5.75 Å². The minimum absolute atomic E-state index is 0.00754. The Kier molecular flexibility index (Phi) is 6.39. The number of aromatic nitrogens is 4. The third kappa shape index (κ3) is 4.64. The zero-order chi connectivity index (χ0) is 25.3. The number of fused-ring (bicyclic) bond motifs is 1. The van der Waals surface area contributed by atoms with Gasteiger partial charge in [-0.2, -0.15) is 13.2 Å². The largest absolute Gasteiger partial charge is 0.494 e. The summed E-state index contributed by atoms with van der Waals surface area (Å²) in [7, 11) is 1.33. The normalized spacial score (nSPS) is 12.5. The number of pyridine rings is 1. The Balaban J connectivity index is 1.74. The van der Waals surface area contributed by atoms with Crippen LogP contribution in [-0.2, 0) is 12.7 Å². The first kappa shape index (κ1) is 24.1. The van der Waals surface area contributed by atoms with Gasteiger partial charge >= 0.3 is 6.18 Å². The van der Waals surface area contributed by atoms with E-state index in [1.54, 1.807) is 26.1 Å². The summed E-state index contributed by atoms with van der Waals surface area (Å²) in [6.45, 7) is 3.40. The lowest BCUT2D eigenvalue weighted by Gasteiger charge is -2.14. The van der Waals surface area contributed by atoms with Gasteiger partial charge in [-0.1, -0.05) is 0 Å². The lowest BCUT2D eigenvalue weighted by Crippen LogP contribution is -2.29. The lowest BCUT2D eigenvalue weighted by molar-refractivity contribution is -0.140. The molecule has 3 aromatic heterocycles. The van der Waals surface area contributed by atoms with Gasteiger partial charge in [-0.05, 0) is 38.1 Å². The molecule has 9 nitrogen and oxygen atoms in total. The molecule has 4 rings (SSSR count). The van der Waals surface area contributed by atoms with Crippen LogP contribution in [0.4, 0.5) is 13.2 Å². The molecule has 0 fully saturated rings. The Morgan fingerprint density at radius 3 is 2.57 bits per heavy atom. The second kappa shape index (κ2) is 9.29. The highest BCUT2D eigenvalue weighted by Gasteiger charge is 2.33. The van der Waals surface area contributed by atoms with Crippen molar-refractivity contribution in [2.24, 2.45) is 5.73 Å². The number of carbonyl (C=O) groups is 1. The number of rotatable bonds is 6. The van der Waals surface area contributed by atoms with E-state index < -0.39 is 23.8 Å². The molecule has 4 aromatic rings. The number of nitrogens with zero attached hydrogens (tertiary/aromatic N) is 4. The van der Waals surface area contributed by atoms with Crippen molar-refractivity contribution in [3.05, 3.63) is 65.2 Å². The number of aryl methyl sites for hydroxylation is 1. The number of ether oxygens (including phenoxy) is 1. The fraction of sp³-hybridized carbons (Fsp3) is 0.261. The van der Waals surface area contributed by atoms with Crippen LogP contribution in [0.15, 0.2) is 41.1 Å². The van der Waals surface area contributed by atoms with Gasteiger partial charge in [0.25, 0.3) is 5.91 Å². The molecule has 0 radical (unpaired) electrons. The number of oxazole rings is 1. The molecule has 3 heterocycles. The molecule has 3 N–H and O–H groups in total. The van der Waals surface area contributed by atoms with Gasteiger partial charge in [-0.3, -0.25) is 14.8 Å². The highest BCUT2D eigenvalue weighted by atomic mass is 19.4. The van der Waals surface area contributed by atoms with Crippen LogP contribution in [0.2, 0.25) is 0 Å². The quantitative estimate of drug-likeness (QED) is 0.419. The number of hydrogen-bond donors (Lipinski definition) is 2. The van der Waals surface area contributed by atoms with Crippen LogP contribution in [0.1, 0.15) is 46.3 Å². The van der Waals surface area contributed by atoms with Crippen molar-refractivity contribution in [3.63, 3.8) is 0 Å². The molecular weight excluding hydrogens is 465 g/mol. The Labute approximate surface area is 197 Å². The van der Waals surface area contributed by atoms with Gasteiger partial charge < -0.3 is 20.2 Å². The fourth-order valence-electron chi connectivity index (χ4n) is 3.66. The van der Waals surface area contributed by atoms with Crippen LogP contribution in [0.25, 0.3) is 22.4 Å². The lowest BCUT2D eigenvalue weighted by atomic mass is 10.1. The monoisotopic (exact) mass is 486 g/mol. The van der Waals surface area contributed by atoms with Crippen LogP contribution in [-0.4, -0.2) is 33.0 Å². The molecule has 1 atom stereocenters. The number of nitrogens with two attached hydrogens (primary N) is 1. The first-order chi connectivity index (χ1) is 16.6. The van der Waals surface area contributed by atoms with Crippen molar-refractivity contribution < 1.29 is 27.1 Å². The summed E-state index contributed by atoms with van der Waals surface area (Å²) in [5.74, 6) is -0.280. The van der Waals surface area contributed by atoms with Gasteiger partial charge in [-0.15, -0.1) is 0 Å². The number of amides is 1. The molecule has 182 valence electrons. The summed E-state index contributed by atoms with van der Waals surface area (Å²) < 4.78 is 50.6. The molecule has 0 spiro atoms. The number of hydrogen-bond acceptors (Lipinski definition) is 8. The van der Waals surface area contributed by atoms with E-state index in [-0.39, 0.29) is 35.2 Å². The highest BCUT2D eigenvalue weighted by molar-refractivity contribution is 5.98. The predicted octanol–water partition coefficient (Wildman–Crippen LogP) is 3.97. The maximum absolute atomic E-state index is 13.2. The second-order valence-corrected chi connectivity index (χ2v) is 7.62.